The molecule has 0 aromatic heterocycles. The zero-order valence-corrected chi connectivity index (χ0v) is 16.8. The average molecular weight is 415 g/mol. The number of benzene rings is 1. The first-order chi connectivity index (χ1) is 13.5. The van der Waals surface area contributed by atoms with Crippen LogP contribution in [0, 0.1) is 5.41 Å². The lowest BCUT2D eigenvalue weighted by Crippen LogP contribution is -2.46. The van der Waals surface area contributed by atoms with Gasteiger partial charge in [-0.2, -0.15) is 13.2 Å². The molecule has 1 spiro atoms. The fourth-order valence-electron chi connectivity index (χ4n) is 4.08. The van der Waals surface area contributed by atoms with Crippen molar-refractivity contribution in [1.29, 1.82) is 0 Å². The number of hydrogen-bond acceptors (Lipinski definition) is 4. The summed E-state index contributed by atoms with van der Waals surface area (Å²) in [6.07, 6.45) is -1.40. The van der Waals surface area contributed by atoms with Gasteiger partial charge in [0.2, 0.25) is 5.91 Å². The van der Waals surface area contributed by atoms with Gasteiger partial charge in [-0.1, -0.05) is 0 Å². The maximum Gasteiger partial charge on any atom is 0.422 e. The molecule has 3 rings (SSSR count). The molecule has 0 unspecified atom stereocenters. The molecule has 1 aliphatic carbocycles. The molecule has 1 N–H and O–H groups in total. The minimum absolute atomic E-state index is 0.0216. The van der Waals surface area contributed by atoms with Gasteiger partial charge in [0.05, 0.1) is 23.7 Å². The first kappa shape index (κ1) is 21.9. The molecular weight excluding hydrogens is 387 g/mol. The van der Waals surface area contributed by atoms with Crippen molar-refractivity contribution >= 4 is 11.6 Å². The molecule has 2 aliphatic rings. The van der Waals surface area contributed by atoms with Gasteiger partial charge in [-0.3, -0.25) is 4.79 Å². The molecule has 0 atom stereocenters. The van der Waals surface area contributed by atoms with Crippen LogP contribution in [0.2, 0.25) is 0 Å². The summed E-state index contributed by atoms with van der Waals surface area (Å²) in [7, 11) is 0. The fraction of sp³-hybridized carbons (Fsp3) is 0.667. The number of hydrogen-bond donors (Lipinski definition) is 1. The minimum Gasteiger partial charge on any atom is -0.484 e. The van der Waals surface area contributed by atoms with E-state index in [1.807, 2.05) is 13.8 Å². The van der Waals surface area contributed by atoms with Gasteiger partial charge in [-0.15, -0.1) is 0 Å². The van der Waals surface area contributed by atoms with Crippen molar-refractivity contribution in [2.45, 2.75) is 63.8 Å². The summed E-state index contributed by atoms with van der Waals surface area (Å²) in [4.78, 5) is 14.8. The zero-order valence-electron chi connectivity index (χ0n) is 16.8. The Labute approximate surface area is 168 Å². The van der Waals surface area contributed by atoms with E-state index in [1.54, 1.807) is 17.0 Å². The SMILES string of the molecule is CC(C)OC[C@]1(O)CC[C@]2(CCN(c3ccc(OCC(F)(F)F)cc3)C2=O)CC1. The van der Waals surface area contributed by atoms with Gasteiger partial charge in [0.15, 0.2) is 6.61 Å². The summed E-state index contributed by atoms with van der Waals surface area (Å²) in [6.45, 7) is 3.33. The molecule has 2 fully saturated rings. The Morgan fingerprint density at radius 1 is 1.10 bits per heavy atom. The van der Waals surface area contributed by atoms with Gasteiger partial charge in [0.25, 0.3) is 0 Å². The first-order valence-corrected chi connectivity index (χ1v) is 9.98. The normalized spacial score (nSPS) is 27.8. The van der Waals surface area contributed by atoms with Gasteiger partial charge in [0, 0.05) is 12.2 Å². The zero-order chi connectivity index (χ0) is 21.3. The predicted octanol–water partition coefficient (Wildman–Crippen LogP) is 4.08. The van der Waals surface area contributed by atoms with Crippen LogP contribution in [-0.2, 0) is 9.53 Å². The molecule has 1 amide bonds. The van der Waals surface area contributed by atoms with Gasteiger partial charge in [-0.25, -0.2) is 0 Å². The quantitative estimate of drug-likeness (QED) is 0.761. The molecule has 29 heavy (non-hydrogen) atoms. The van der Waals surface area contributed by atoms with Crippen LogP contribution in [0.4, 0.5) is 18.9 Å². The molecular formula is C21H28F3NO4. The molecule has 1 heterocycles. The van der Waals surface area contributed by atoms with Crippen LogP contribution in [0.1, 0.15) is 46.0 Å². The van der Waals surface area contributed by atoms with Crippen molar-refractivity contribution in [2.24, 2.45) is 5.41 Å². The maximum absolute atomic E-state index is 13.1. The van der Waals surface area contributed by atoms with Crippen LogP contribution in [0.5, 0.6) is 5.75 Å². The average Bonchev–Trinajstić information content (AvgIpc) is 2.98. The largest absolute Gasteiger partial charge is 0.484 e. The molecule has 8 heteroatoms. The van der Waals surface area contributed by atoms with Crippen molar-refractivity contribution in [3.8, 4) is 5.75 Å². The summed E-state index contributed by atoms with van der Waals surface area (Å²) in [5, 5.41) is 10.7. The number of aliphatic hydroxyl groups is 1. The number of alkyl halides is 3. The van der Waals surface area contributed by atoms with Gasteiger partial charge >= 0.3 is 6.18 Å². The van der Waals surface area contributed by atoms with E-state index in [4.69, 9.17) is 9.47 Å². The summed E-state index contributed by atoms with van der Waals surface area (Å²) in [5.74, 6) is 0.133. The minimum atomic E-state index is -4.39. The summed E-state index contributed by atoms with van der Waals surface area (Å²) in [6, 6.07) is 6.11. The number of halogens is 3. The van der Waals surface area contributed by atoms with E-state index in [9.17, 15) is 23.1 Å². The summed E-state index contributed by atoms with van der Waals surface area (Å²) in [5.41, 5.74) is -0.717. The number of carbonyl (C=O) groups is 1. The number of ether oxygens (including phenoxy) is 2. The molecule has 1 aromatic rings. The number of amides is 1. The Morgan fingerprint density at radius 3 is 2.28 bits per heavy atom. The van der Waals surface area contributed by atoms with Crippen molar-refractivity contribution in [3.63, 3.8) is 0 Å². The summed E-state index contributed by atoms with van der Waals surface area (Å²) < 4.78 is 47.1. The lowest BCUT2D eigenvalue weighted by Gasteiger charge is -2.41. The van der Waals surface area contributed by atoms with E-state index in [-0.39, 0.29) is 24.4 Å². The van der Waals surface area contributed by atoms with E-state index >= 15 is 0 Å². The van der Waals surface area contributed by atoms with E-state index in [2.05, 4.69) is 0 Å². The van der Waals surface area contributed by atoms with E-state index < -0.39 is 23.8 Å². The van der Waals surface area contributed by atoms with Crippen molar-refractivity contribution in [2.75, 3.05) is 24.7 Å². The van der Waals surface area contributed by atoms with E-state index in [1.165, 1.54) is 12.1 Å². The molecule has 1 aliphatic heterocycles. The monoisotopic (exact) mass is 415 g/mol. The van der Waals surface area contributed by atoms with Crippen LogP contribution in [0.3, 0.4) is 0 Å². The molecule has 0 radical (unpaired) electrons. The Kier molecular flexibility index (Phi) is 6.15. The molecule has 1 saturated carbocycles. The van der Waals surface area contributed by atoms with Crippen molar-refractivity contribution in [1.82, 2.24) is 0 Å². The fourth-order valence-corrected chi connectivity index (χ4v) is 4.08. The molecule has 1 aromatic carbocycles. The third-order valence-corrected chi connectivity index (χ3v) is 5.89. The number of nitrogens with zero attached hydrogens (tertiary/aromatic N) is 1. The standard InChI is InChI=1S/C21H28F3NO4/c1-15(2)28-13-20(27)9-7-19(8-10-20)11-12-25(18(19)26)16-3-5-17(6-4-16)29-14-21(22,23)24/h3-6,15,27H,7-14H2,1-2H3/t19-,20+. The third-order valence-electron chi connectivity index (χ3n) is 5.89. The number of anilines is 1. The van der Waals surface area contributed by atoms with Crippen LogP contribution in [0.25, 0.3) is 0 Å². The molecule has 1 saturated heterocycles. The molecule has 5 nitrogen and oxygen atoms in total. The smallest absolute Gasteiger partial charge is 0.422 e. The van der Waals surface area contributed by atoms with Crippen LogP contribution in [-0.4, -0.2) is 48.7 Å². The second-order valence-electron chi connectivity index (χ2n) is 8.47. The predicted molar refractivity (Wildman–Crippen MR) is 102 cm³/mol. The van der Waals surface area contributed by atoms with Crippen LogP contribution < -0.4 is 9.64 Å². The van der Waals surface area contributed by atoms with E-state index in [0.29, 0.717) is 44.3 Å². The van der Waals surface area contributed by atoms with Crippen molar-refractivity contribution in [3.05, 3.63) is 24.3 Å². The molecule has 0 bridgehead atoms. The maximum atomic E-state index is 13.1. The highest BCUT2D eigenvalue weighted by Gasteiger charge is 2.51. The highest BCUT2D eigenvalue weighted by molar-refractivity contribution is 6.00. The topological polar surface area (TPSA) is 59.0 Å². The Hall–Kier alpha value is -1.80. The second kappa shape index (κ2) is 8.14. The number of carbonyl (C=O) groups excluding carboxylic acids is 1. The summed E-state index contributed by atoms with van der Waals surface area (Å²) >= 11 is 0. The van der Waals surface area contributed by atoms with Gasteiger partial charge < -0.3 is 19.5 Å². The third kappa shape index (κ3) is 5.22. The van der Waals surface area contributed by atoms with Gasteiger partial charge in [-0.05, 0) is 70.2 Å². The van der Waals surface area contributed by atoms with Gasteiger partial charge in [0.1, 0.15) is 5.75 Å². The van der Waals surface area contributed by atoms with Crippen LogP contribution in [0.15, 0.2) is 24.3 Å². The Balaban J connectivity index is 1.60. The lowest BCUT2D eigenvalue weighted by atomic mass is 9.68. The van der Waals surface area contributed by atoms with Crippen LogP contribution >= 0.6 is 0 Å². The Bertz CT molecular complexity index is 710. The number of rotatable bonds is 6. The first-order valence-electron chi connectivity index (χ1n) is 9.98. The highest BCUT2D eigenvalue weighted by Crippen LogP contribution is 2.48. The highest BCUT2D eigenvalue weighted by atomic mass is 19.4. The van der Waals surface area contributed by atoms with E-state index in [0.717, 1.165) is 0 Å². The Morgan fingerprint density at radius 2 is 1.72 bits per heavy atom. The lowest BCUT2D eigenvalue weighted by molar-refractivity contribution is -0.153. The molecule has 162 valence electrons. The van der Waals surface area contributed by atoms with Crippen molar-refractivity contribution < 1.29 is 32.5 Å². The second-order valence-corrected chi connectivity index (χ2v) is 8.47.